The second-order valence-corrected chi connectivity index (χ2v) is 6.29. The van der Waals surface area contributed by atoms with Crippen LogP contribution in [0.15, 0.2) is 53.1 Å². The van der Waals surface area contributed by atoms with E-state index in [1.54, 1.807) is 24.4 Å². The highest BCUT2D eigenvalue weighted by Crippen LogP contribution is 2.20. The molecule has 0 spiro atoms. The van der Waals surface area contributed by atoms with Crippen molar-refractivity contribution in [2.75, 3.05) is 5.32 Å². The van der Waals surface area contributed by atoms with Gasteiger partial charge in [0, 0.05) is 12.3 Å². The van der Waals surface area contributed by atoms with E-state index in [1.807, 2.05) is 30.3 Å². The Labute approximate surface area is 157 Å². The molecule has 0 saturated heterocycles. The van der Waals surface area contributed by atoms with E-state index in [1.165, 1.54) is 10.2 Å². The first-order chi connectivity index (χ1) is 13.0. The van der Waals surface area contributed by atoms with Crippen LogP contribution in [0.1, 0.15) is 41.6 Å². The van der Waals surface area contributed by atoms with Crippen molar-refractivity contribution in [3.8, 4) is 11.8 Å². The summed E-state index contributed by atoms with van der Waals surface area (Å²) in [5.74, 6) is 1.86. The molecule has 0 unspecified atom stereocenters. The lowest BCUT2D eigenvalue weighted by molar-refractivity contribution is 0.0992. The maximum absolute atomic E-state index is 12.2. The second-order valence-electron chi connectivity index (χ2n) is 6.29. The highest BCUT2D eigenvalue weighted by Gasteiger charge is 2.13. The summed E-state index contributed by atoms with van der Waals surface area (Å²) in [4.78, 5) is 12.2. The zero-order valence-electron chi connectivity index (χ0n) is 15.2. The Hall–Kier alpha value is -3.53. The van der Waals surface area contributed by atoms with Gasteiger partial charge in [-0.1, -0.05) is 26.0 Å². The van der Waals surface area contributed by atoms with E-state index in [0.717, 1.165) is 5.75 Å². The molecule has 138 valence electrons. The number of rotatable bonds is 7. The van der Waals surface area contributed by atoms with Crippen LogP contribution in [-0.4, -0.2) is 15.7 Å². The Balaban J connectivity index is 1.55. The minimum atomic E-state index is -0.412. The number of nitriles is 1. The third kappa shape index (κ3) is 4.76. The number of benzene rings is 1. The quantitative estimate of drug-likeness (QED) is 0.685. The van der Waals surface area contributed by atoms with E-state index < -0.39 is 5.91 Å². The summed E-state index contributed by atoms with van der Waals surface area (Å²) in [6.07, 6.45) is 1.62. The van der Waals surface area contributed by atoms with Crippen molar-refractivity contribution in [2.24, 2.45) is 0 Å². The van der Waals surface area contributed by atoms with Gasteiger partial charge in [-0.3, -0.25) is 9.48 Å². The smallest absolute Gasteiger partial charge is 0.292 e. The van der Waals surface area contributed by atoms with Gasteiger partial charge < -0.3 is 14.5 Å². The minimum Gasteiger partial charge on any atom is -0.486 e. The molecule has 0 bridgehead atoms. The average molecular weight is 364 g/mol. The number of nitrogens with one attached hydrogen (secondary N) is 1. The van der Waals surface area contributed by atoms with Gasteiger partial charge in [-0.15, -0.1) is 0 Å². The molecular weight excluding hydrogens is 344 g/mol. The zero-order chi connectivity index (χ0) is 19.2. The van der Waals surface area contributed by atoms with Gasteiger partial charge in [0.15, 0.2) is 11.6 Å². The molecule has 3 rings (SSSR count). The largest absolute Gasteiger partial charge is 0.486 e. The number of carbonyl (C=O) groups excluding carboxylic acids is 1. The van der Waals surface area contributed by atoms with Gasteiger partial charge in [0.25, 0.3) is 5.91 Å². The monoisotopic (exact) mass is 364 g/mol. The van der Waals surface area contributed by atoms with Crippen molar-refractivity contribution in [1.29, 1.82) is 5.26 Å². The van der Waals surface area contributed by atoms with E-state index in [0.29, 0.717) is 17.5 Å². The number of aromatic nitrogens is 2. The van der Waals surface area contributed by atoms with Gasteiger partial charge in [-0.05, 0) is 35.7 Å². The van der Waals surface area contributed by atoms with Crippen molar-refractivity contribution in [2.45, 2.75) is 32.9 Å². The predicted octanol–water partition coefficient (Wildman–Crippen LogP) is 3.95. The molecular formula is C20H20N4O3. The minimum absolute atomic E-state index is 0.121. The molecule has 7 heteroatoms. The lowest BCUT2D eigenvalue weighted by atomic mass is 10.0. The van der Waals surface area contributed by atoms with Crippen LogP contribution in [0.3, 0.4) is 0 Å². The topological polar surface area (TPSA) is 93.1 Å². The fourth-order valence-electron chi connectivity index (χ4n) is 2.45. The van der Waals surface area contributed by atoms with Gasteiger partial charge in [-0.25, -0.2) is 0 Å². The fraction of sp³-hybridized carbons (Fsp3) is 0.250. The Kier molecular flexibility index (Phi) is 5.57. The summed E-state index contributed by atoms with van der Waals surface area (Å²) in [5, 5.41) is 15.3. The number of nitrogens with zero attached hydrogens (tertiary/aromatic N) is 3. The van der Waals surface area contributed by atoms with Crippen LogP contribution in [0.25, 0.3) is 0 Å². The number of amides is 1. The second kappa shape index (κ2) is 8.23. The molecule has 0 aliphatic heterocycles. The molecule has 0 atom stereocenters. The van der Waals surface area contributed by atoms with Gasteiger partial charge in [0.1, 0.15) is 24.7 Å². The Morgan fingerprint density at radius 3 is 2.74 bits per heavy atom. The van der Waals surface area contributed by atoms with Gasteiger partial charge in [0.2, 0.25) is 0 Å². The molecule has 27 heavy (non-hydrogen) atoms. The molecule has 0 aliphatic rings. The number of ether oxygens (including phenoxy) is 1. The molecule has 2 heterocycles. The van der Waals surface area contributed by atoms with Crippen LogP contribution in [0, 0.1) is 11.3 Å². The van der Waals surface area contributed by atoms with Crippen molar-refractivity contribution >= 4 is 11.7 Å². The first kappa shape index (κ1) is 18.3. The molecule has 1 aromatic carbocycles. The summed E-state index contributed by atoms with van der Waals surface area (Å²) in [7, 11) is 0. The third-order valence-electron chi connectivity index (χ3n) is 3.93. The highest BCUT2D eigenvalue weighted by molar-refractivity contribution is 6.01. The fourth-order valence-corrected chi connectivity index (χ4v) is 2.45. The van der Waals surface area contributed by atoms with Crippen molar-refractivity contribution < 1.29 is 13.9 Å². The normalized spacial score (nSPS) is 10.6. The molecule has 0 aliphatic carbocycles. The van der Waals surface area contributed by atoms with E-state index in [4.69, 9.17) is 14.4 Å². The van der Waals surface area contributed by atoms with Crippen LogP contribution >= 0.6 is 0 Å². The number of hydrogen-bond donors (Lipinski definition) is 1. The molecule has 0 radical (unpaired) electrons. The van der Waals surface area contributed by atoms with Crippen LogP contribution in [0.5, 0.6) is 5.75 Å². The number of carbonyl (C=O) groups is 1. The Morgan fingerprint density at radius 1 is 1.26 bits per heavy atom. The molecule has 0 saturated carbocycles. The van der Waals surface area contributed by atoms with Crippen molar-refractivity contribution in [3.63, 3.8) is 0 Å². The van der Waals surface area contributed by atoms with Gasteiger partial charge >= 0.3 is 0 Å². The predicted molar refractivity (Wildman–Crippen MR) is 99.4 cm³/mol. The van der Waals surface area contributed by atoms with Crippen molar-refractivity contribution in [1.82, 2.24) is 9.78 Å². The highest BCUT2D eigenvalue weighted by atomic mass is 16.5. The van der Waals surface area contributed by atoms with Gasteiger partial charge in [0.05, 0.1) is 6.07 Å². The standard InChI is InChI=1S/C20H20N4O3/c1-14(2)15-3-5-16(6-4-15)26-13-17-7-8-18(27-17)20(25)22-19-9-11-24(23-19)12-10-21/h3-9,11,14H,12-13H2,1-2H3,(H,22,23,25). The molecule has 1 amide bonds. The zero-order valence-corrected chi connectivity index (χ0v) is 15.2. The van der Waals surface area contributed by atoms with E-state index in [9.17, 15) is 4.79 Å². The lowest BCUT2D eigenvalue weighted by Crippen LogP contribution is -2.11. The SMILES string of the molecule is CC(C)c1ccc(OCc2ccc(C(=O)Nc3ccn(CC#N)n3)o2)cc1. The Morgan fingerprint density at radius 2 is 2.04 bits per heavy atom. The summed E-state index contributed by atoms with van der Waals surface area (Å²) in [5.41, 5.74) is 1.25. The van der Waals surface area contributed by atoms with E-state index >= 15 is 0 Å². The first-order valence-electron chi connectivity index (χ1n) is 8.58. The molecule has 7 nitrogen and oxygen atoms in total. The van der Waals surface area contributed by atoms with Crippen LogP contribution in [0.4, 0.5) is 5.82 Å². The summed E-state index contributed by atoms with van der Waals surface area (Å²) in [6, 6.07) is 14.8. The third-order valence-corrected chi connectivity index (χ3v) is 3.93. The number of anilines is 1. The molecule has 3 aromatic rings. The van der Waals surface area contributed by atoms with Crippen molar-refractivity contribution in [3.05, 3.63) is 65.7 Å². The summed E-state index contributed by atoms with van der Waals surface area (Å²) >= 11 is 0. The Bertz CT molecular complexity index is 948. The van der Waals surface area contributed by atoms with E-state index in [-0.39, 0.29) is 18.9 Å². The average Bonchev–Trinajstić information content (AvgIpc) is 3.30. The molecule has 2 aromatic heterocycles. The van der Waals surface area contributed by atoms with Crippen LogP contribution in [0.2, 0.25) is 0 Å². The van der Waals surface area contributed by atoms with Crippen LogP contribution < -0.4 is 10.1 Å². The maximum Gasteiger partial charge on any atom is 0.292 e. The van der Waals surface area contributed by atoms with E-state index in [2.05, 4.69) is 24.3 Å². The first-order valence-corrected chi connectivity index (χ1v) is 8.58. The summed E-state index contributed by atoms with van der Waals surface area (Å²) in [6.45, 7) is 4.62. The molecule has 0 fully saturated rings. The van der Waals surface area contributed by atoms with Gasteiger partial charge in [-0.2, -0.15) is 10.4 Å². The lowest BCUT2D eigenvalue weighted by Gasteiger charge is -2.07. The number of furan rings is 1. The molecule has 1 N–H and O–H groups in total. The maximum atomic E-state index is 12.2. The number of hydrogen-bond acceptors (Lipinski definition) is 5. The summed E-state index contributed by atoms with van der Waals surface area (Å²) < 4.78 is 12.7. The van der Waals surface area contributed by atoms with Crippen LogP contribution in [-0.2, 0) is 13.2 Å².